The first-order valence-electron chi connectivity index (χ1n) is 17.1. The highest BCUT2D eigenvalue weighted by Gasteiger charge is 2.31. The molecule has 2 aromatic carbocycles. The zero-order chi connectivity index (χ0) is 37.1. The summed E-state index contributed by atoms with van der Waals surface area (Å²) in [5, 5.41) is 16.4. The quantitative estimate of drug-likeness (QED) is 0.300. The fourth-order valence-corrected chi connectivity index (χ4v) is 5.88. The number of carbonyl (C=O) groups excluding carboxylic acids is 5. The van der Waals surface area contributed by atoms with Crippen molar-refractivity contribution in [3.8, 4) is 5.75 Å². The Bertz CT molecular complexity index is 1700. The Morgan fingerprint density at radius 3 is 2.43 bits per heavy atom. The van der Waals surface area contributed by atoms with Crippen molar-refractivity contribution in [3.63, 3.8) is 0 Å². The lowest BCUT2D eigenvalue weighted by molar-refractivity contribution is -0.134. The molecule has 0 aliphatic carbocycles. The molecule has 1 aromatic heterocycles. The largest absolute Gasteiger partial charge is 0.483 e. The molecule has 0 fully saturated rings. The molecule has 0 radical (unpaired) electrons. The maximum Gasteiger partial charge on any atom is 0.260 e. The molecule has 0 bridgehead atoms. The van der Waals surface area contributed by atoms with Gasteiger partial charge in [0.15, 0.2) is 12.4 Å². The van der Waals surface area contributed by atoms with E-state index in [1.165, 1.54) is 9.58 Å². The van der Waals surface area contributed by atoms with Crippen molar-refractivity contribution in [1.29, 1.82) is 0 Å². The fraction of sp³-hybridized carbons (Fsp3) is 0.472. The minimum Gasteiger partial charge on any atom is -0.483 e. The molecule has 2 heterocycles. The number of aryl methyl sites for hydroxylation is 2. The zero-order valence-corrected chi connectivity index (χ0v) is 30.5. The van der Waals surface area contributed by atoms with Gasteiger partial charge in [0.05, 0.1) is 6.04 Å². The second-order valence-corrected chi connectivity index (χ2v) is 13.4. The lowest BCUT2D eigenvalue weighted by Crippen LogP contribution is -2.54. The smallest absolute Gasteiger partial charge is 0.260 e. The van der Waals surface area contributed by atoms with Crippen molar-refractivity contribution in [3.05, 3.63) is 76.3 Å². The molecule has 1 aliphatic rings. The van der Waals surface area contributed by atoms with Crippen molar-refractivity contribution in [2.45, 2.75) is 78.6 Å². The van der Waals surface area contributed by atoms with Crippen LogP contribution in [0.4, 0.5) is 0 Å². The number of carbonyl (C=O) groups is 5. The van der Waals surface area contributed by atoms with Gasteiger partial charge < -0.3 is 30.9 Å². The number of halogens is 1. The van der Waals surface area contributed by atoms with Crippen LogP contribution in [0.25, 0.3) is 0 Å². The van der Waals surface area contributed by atoms with E-state index in [0.29, 0.717) is 22.4 Å². The van der Waals surface area contributed by atoms with Gasteiger partial charge >= 0.3 is 0 Å². The van der Waals surface area contributed by atoms with Crippen molar-refractivity contribution in [2.75, 3.05) is 26.2 Å². The molecular weight excluding hydrogens is 676 g/mol. The molecule has 51 heavy (non-hydrogen) atoms. The molecule has 4 N–H and O–H groups in total. The summed E-state index contributed by atoms with van der Waals surface area (Å²) in [7, 11) is 0. The standard InChI is InChI=1S/C36H47ClN8O6/c1-22(2)33-34-40-25(5)43-45(34)20-31(47)38-15-17-44(32(48)21-51-29-14-13-27(37)18-23(29)3)16-9-12-30(46)39-24(4)35(49)41-28(36(50)42-33)19-26-10-7-6-8-11-26/h6-8,10-11,13-14,18,22,24,28,33H,9,12,15-17,19-21H2,1-5H3,(H,38,47)(H,39,46)(H,41,49)(H,42,50)/t24-,28+,33-/m0/s1. The maximum atomic E-state index is 13.9. The molecule has 0 unspecified atom stereocenters. The third-order valence-corrected chi connectivity index (χ3v) is 8.64. The SMILES string of the molecule is Cc1nc2n(n1)CC(=O)NCCN(C(=O)COc1ccc(Cl)cc1C)CCCC(=O)N[C@@H](C)C(=O)N[C@H](Cc1ccccc1)C(=O)N[C@H]2C(C)C. The average Bonchev–Trinajstić information content (AvgIpc) is 3.43. The highest BCUT2D eigenvalue weighted by Crippen LogP contribution is 2.23. The normalized spacial score (nSPS) is 20.1. The number of nitrogens with one attached hydrogen (secondary N) is 4. The molecule has 4 rings (SSSR count). The Morgan fingerprint density at radius 1 is 0.980 bits per heavy atom. The van der Waals surface area contributed by atoms with E-state index >= 15 is 0 Å². The van der Waals surface area contributed by atoms with Crippen LogP contribution in [0.3, 0.4) is 0 Å². The van der Waals surface area contributed by atoms with Gasteiger partial charge in [-0.15, -0.1) is 0 Å². The molecule has 0 saturated carbocycles. The van der Waals surface area contributed by atoms with Gasteiger partial charge in [-0.3, -0.25) is 24.0 Å². The van der Waals surface area contributed by atoms with Crippen LogP contribution in [0.1, 0.15) is 62.4 Å². The van der Waals surface area contributed by atoms with E-state index in [2.05, 4.69) is 31.3 Å². The van der Waals surface area contributed by atoms with Gasteiger partial charge in [0.1, 0.15) is 30.2 Å². The Balaban J connectivity index is 1.57. The zero-order valence-electron chi connectivity index (χ0n) is 29.7. The van der Waals surface area contributed by atoms with Crippen LogP contribution in [0.5, 0.6) is 5.75 Å². The Hall–Kier alpha value is -4.98. The number of aromatic nitrogens is 3. The summed E-state index contributed by atoms with van der Waals surface area (Å²) in [6.45, 7) is 8.94. The highest BCUT2D eigenvalue weighted by atomic mass is 35.5. The van der Waals surface area contributed by atoms with E-state index in [1.54, 1.807) is 32.0 Å². The van der Waals surface area contributed by atoms with Gasteiger partial charge in [0, 0.05) is 37.5 Å². The third-order valence-electron chi connectivity index (χ3n) is 8.41. The number of rotatable bonds is 6. The Kier molecular flexibility index (Phi) is 13.9. The van der Waals surface area contributed by atoms with Crippen LogP contribution in [0.2, 0.25) is 5.02 Å². The fourth-order valence-electron chi connectivity index (χ4n) is 5.66. The number of nitrogens with zero attached hydrogens (tertiary/aromatic N) is 4. The summed E-state index contributed by atoms with van der Waals surface area (Å²) in [5.41, 5.74) is 1.60. The number of amides is 5. The predicted octanol–water partition coefficient (Wildman–Crippen LogP) is 2.41. The van der Waals surface area contributed by atoms with Gasteiger partial charge in [-0.05, 0) is 62.4 Å². The van der Waals surface area contributed by atoms with E-state index in [4.69, 9.17) is 16.3 Å². The van der Waals surface area contributed by atoms with Gasteiger partial charge in [0.2, 0.25) is 23.6 Å². The summed E-state index contributed by atoms with van der Waals surface area (Å²) in [5.74, 6) is -0.911. The summed E-state index contributed by atoms with van der Waals surface area (Å²) in [6.07, 6.45) is 0.517. The van der Waals surface area contributed by atoms with Crippen molar-refractivity contribution >= 4 is 41.1 Å². The number of hydrogen-bond acceptors (Lipinski definition) is 8. The summed E-state index contributed by atoms with van der Waals surface area (Å²) < 4.78 is 7.24. The van der Waals surface area contributed by atoms with Gasteiger partial charge in [-0.2, -0.15) is 5.10 Å². The molecular formula is C36H47ClN8O6. The topological polar surface area (TPSA) is 177 Å². The summed E-state index contributed by atoms with van der Waals surface area (Å²) in [6, 6.07) is 11.8. The third kappa shape index (κ3) is 11.5. The van der Waals surface area contributed by atoms with E-state index in [9.17, 15) is 24.0 Å². The number of benzene rings is 2. The summed E-state index contributed by atoms with van der Waals surface area (Å²) >= 11 is 6.05. The van der Waals surface area contributed by atoms with E-state index < -0.39 is 29.9 Å². The van der Waals surface area contributed by atoms with Crippen molar-refractivity contribution < 1.29 is 28.7 Å². The lowest BCUT2D eigenvalue weighted by atomic mass is 10.0. The van der Waals surface area contributed by atoms with Crippen LogP contribution in [-0.2, 0) is 36.9 Å². The second kappa shape index (κ2) is 18.3. The minimum atomic E-state index is -0.981. The molecule has 1 aliphatic heterocycles. The average molecular weight is 723 g/mol. The molecule has 15 heteroatoms. The summed E-state index contributed by atoms with van der Waals surface area (Å²) in [4.78, 5) is 72.7. The van der Waals surface area contributed by atoms with E-state index in [-0.39, 0.29) is 75.7 Å². The van der Waals surface area contributed by atoms with E-state index in [0.717, 1.165) is 11.1 Å². The van der Waals surface area contributed by atoms with Gasteiger partial charge in [-0.25, -0.2) is 9.67 Å². The van der Waals surface area contributed by atoms with Crippen molar-refractivity contribution in [2.24, 2.45) is 5.92 Å². The van der Waals surface area contributed by atoms with Crippen LogP contribution >= 0.6 is 11.6 Å². The van der Waals surface area contributed by atoms with Gasteiger partial charge in [0.25, 0.3) is 5.91 Å². The Morgan fingerprint density at radius 2 is 1.73 bits per heavy atom. The lowest BCUT2D eigenvalue weighted by Gasteiger charge is -2.27. The molecule has 3 aromatic rings. The first-order valence-corrected chi connectivity index (χ1v) is 17.5. The first-order chi connectivity index (χ1) is 24.3. The van der Waals surface area contributed by atoms with E-state index in [1.807, 2.05) is 51.1 Å². The number of hydrogen-bond donors (Lipinski definition) is 4. The molecule has 14 nitrogen and oxygen atoms in total. The van der Waals surface area contributed by atoms with Crippen molar-refractivity contribution in [1.82, 2.24) is 40.9 Å². The molecule has 274 valence electrons. The van der Waals surface area contributed by atoms with Crippen LogP contribution in [0.15, 0.2) is 48.5 Å². The monoisotopic (exact) mass is 722 g/mol. The first kappa shape index (κ1) is 38.8. The van der Waals surface area contributed by atoms with Crippen LogP contribution in [0, 0.1) is 19.8 Å². The second-order valence-electron chi connectivity index (χ2n) is 13.0. The highest BCUT2D eigenvalue weighted by molar-refractivity contribution is 6.30. The molecule has 3 atom stereocenters. The van der Waals surface area contributed by atoms with Crippen LogP contribution in [-0.4, -0.2) is 87.5 Å². The number of ether oxygens (including phenoxy) is 1. The molecule has 0 spiro atoms. The Labute approximate surface area is 303 Å². The molecule has 0 saturated heterocycles. The molecule has 5 amide bonds. The maximum absolute atomic E-state index is 13.9. The minimum absolute atomic E-state index is 0.0311. The predicted molar refractivity (Wildman–Crippen MR) is 191 cm³/mol. The van der Waals surface area contributed by atoms with Gasteiger partial charge in [-0.1, -0.05) is 55.8 Å². The van der Waals surface area contributed by atoms with Crippen LogP contribution < -0.4 is 26.0 Å². The number of fused-ring (bicyclic) bond motifs is 1.